The highest BCUT2D eigenvalue weighted by molar-refractivity contribution is 7.89. The number of nitrogens with one attached hydrogen (secondary N) is 1. The fourth-order valence-corrected chi connectivity index (χ4v) is 3.87. The Balaban J connectivity index is 0.00000192. The van der Waals surface area contributed by atoms with Gasteiger partial charge in [0.05, 0.1) is 12.4 Å². The molecule has 2 aromatic rings. The molecule has 3 rings (SSSR count). The third-order valence-electron chi connectivity index (χ3n) is 3.63. The summed E-state index contributed by atoms with van der Waals surface area (Å²) in [6.45, 7) is 3.55. The highest BCUT2D eigenvalue weighted by Gasteiger charge is 2.29. The molecule has 23 heavy (non-hydrogen) atoms. The van der Waals surface area contributed by atoms with E-state index in [0.717, 1.165) is 5.56 Å². The van der Waals surface area contributed by atoms with Crippen molar-refractivity contribution in [1.29, 1.82) is 0 Å². The number of aromatic nitrogens is 2. The third-order valence-corrected chi connectivity index (χ3v) is 5.45. The van der Waals surface area contributed by atoms with Crippen molar-refractivity contribution in [2.75, 3.05) is 19.6 Å². The van der Waals surface area contributed by atoms with E-state index in [1.54, 1.807) is 0 Å². The second-order valence-electron chi connectivity index (χ2n) is 5.33. The van der Waals surface area contributed by atoms with Crippen LogP contribution in [0.15, 0.2) is 47.6 Å². The maximum absolute atomic E-state index is 12.6. The maximum Gasteiger partial charge on any atom is 0.246 e. The lowest BCUT2D eigenvalue weighted by atomic mass is 10.2. The van der Waals surface area contributed by atoms with Crippen LogP contribution in [0.5, 0.6) is 0 Å². The first-order chi connectivity index (χ1) is 10.6. The topological polar surface area (TPSA) is 75.2 Å². The first kappa shape index (κ1) is 17.8. The Hall–Kier alpha value is -1.54. The van der Waals surface area contributed by atoms with E-state index in [2.05, 4.69) is 15.3 Å². The van der Waals surface area contributed by atoms with Crippen LogP contribution in [-0.2, 0) is 10.0 Å². The quantitative estimate of drug-likeness (QED) is 0.905. The van der Waals surface area contributed by atoms with Crippen molar-refractivity contribution in [3.8, 4) is 11.4 Å². The van der Waals surface area contributed by atoms with Crippen LogP contribution >= 0.6 is 12.4 Å². The lowest BCUT2D eigenvalue weighted by Crippen LogP contribution is -2.51. The average Bonchev–Trinajstić information content (AvgIpc) is 2.56. The van der Waals surface area contributed by atoms with Crippen LogP contribution in [0.1, 0.15) is 6.92 Å². The molecule has 2 heterocycles. The second kappa shape index (κ2) is 7.35. The van der Waals surface area contributed by atoms with E-state index >= 15 is 0 Å². The van der Waals surface area contributed by atoms with Gasteiger partial charge in [-0.05, 0) is 6.92 Å². The Morgan fingerprint density at radius 2 is 1.83 bits per heavy atom. The summed E-state index contributed by atoms with van der Waals surface area (Å²) in [5.41, 5.74) is 0.863. The molecule has 0 radical (unpaired) electrons. The predicted octanol–water partition coefficient (Wildman–Crippen LogP) is 1.55. The van der Waals surface area contributed by atoms with Gasteiger partial charge in [0.2, 0.25) is 10.0 Å². The second-order valence-corrected chi connectivity index (χ2v) is 7.26. The van der Waals surface area contributed by atoms with Crippen molar-refractivity contribution in [2.24, 2.45) is 0 Å². The molecule has 1 aromatic heterocycles. The SMILES string of the molecule is CC1CN(S(=O)(=O)c2cnc(-c3ccccc3)nc2)CCN1.Cl. The molecule has 1 fully saturated rings. The van der Waals surface area contributed by atoms with Gasteiger partial charge in [0.1, 0.15) is 4.90 Å². The van der Waals surface area contributed by atoms with Crippen LogP contribution in [0.2, 0.25) is 0 Å². The van der Waals surface area contributed by atoms with E-state index in [0.29, 0.717) is 25.5 Å². The molecule has 6 nitrogen and oxygen atoms in total. The molecular weight excluding hydrogens is 336 g/mol. The van der Waals surface area contributed by atoms with Crippen LogP contribution < -0.4 is 5.32 Å². The number of hydrogen-bond acceptors (Lipinski definition) is 5. The van der Waals surface area contributed by atoms with E-state index in [1.165, 1.54) is 16.7 Å². The van der Waals surface area contributed by atoms with Gasteiger partial charge in [-0.1, -0.05) is 30.3 Å². The minimum absolute atomic E-state index is 0. The highest BCUT2D eigenvalue weighted by Crippen LogP contribution is 2.18. The number of piperazine rings is 1. The van der Waals surface area contributed by atoms with Gasteiger partial charge in [-0.3, -0.25) is 0 Å². The molecular formula is C15H19ClN4O2S. The lowest BCUT2D eigenvalue weighted by molar-refractivity contribution is 0.310. The van der Waals surface area contributed by atoms with E-state index in [4.69, 9.17) is 0 Å². The van der Waals surface area contributed by atoms with Gasteiger partial charge in [-0.2, -0.15) is 4.31 Å². The summed E-state index contributed by atoms with van der Waals surface area (Å²) in [6, 6.07) is 9.63. The van der Waals surface area contributed by atoms with Gasteiger partial charge in [-0.25, -0.2) is 18.4 Å². The van der Waals surface area contributed by atoms with Gasteiger partial charge in [0, 0.05) is 31.2 Å². The van der Waals surface area contributed by atoms with Crippen molar-refractivity contribution < 1.29 is 8.42 Å². The summed E-state index contributed by atoms with van der Waals surface area (Å²) in [6.07, 6.45) is 2.77. The molecule has 0 saturated carbocycles. The number of halogens is 1. The van der Waals surface area contributed by atoms with E-state index in [1.807, 2.05) is 37.3 Å². The number of nitrogens with zero attached hydrogens (tertiary/aromatic N) is 3. The van der Waals surface area contributed by atoms with Gasteiger partial charge in [0.15, 0.2) is 5.82 Å². The first-order valence-corrected chi connectivity index (χ1v) is 8.62. The summed E-state index contributed by atoms with van der Waals surface area (Å²) in [5.74, 6) is 0.522. The molecule has 0 spiro atoms. The zero-order valence-electron chi connectivity index (χ0n) is 12.7. The van der Waals surface area contributed by atoms with Crippen LogP contribution in [0.4, 0.5) is 0 Å². The van der Waals surface area contributed by atoms with Crippen LogP contribution in [0, 0.1) is 0 Å². The molecule has 1 N–H and O–H groups in total. The third kappa shape index (κ3) is 3.87. The molecule has 124 valence electrons. The van der Waals surface area contributed by atoms with E-state index < -0.39 is 10.0 Å². The minimum Gasteiger partial charge on any atom is -0.312 e. The molecule has 1 saturated heterocycles. The Kier molecular flexibility index (Phi) is 5.69. The summed E-state index contributed by atoms with van der Waals surface area (Å²) < 4.78 is 26.7. The van der Waals surface area contributed by atoms with Crippen molar-refractivity contribution in [2.45, 2.75) is 17.9 Å². The molecule has 1 aliphatic heterocycles. The summed E-state index contributed by atoms with van der Waals surface area (Å²) in [4.78, 5) is 8.53. The Bertz CT molecular complexity index is 738. The number of rotatable bonds is 3. The van der Waals surface area contributed by atoms with Crippen LogP contribution in [-0.4, -0.2) is 48.4 Å². The number of benzene rings is 1. The van der Waals surface area contributed by atoms with Gasteiger partial charge < -0.3 is 5.32 Å². The normalized spacial score (nSPS) is 19.1. The standard InChI is InChI=1S/C15H18N4O2S.ClH/c1-12-11-19(8-7-16-12)22(20,21)14-9-17-15(18-10-14)13-5-3-2-4-6-13;/h2-6,9-10,12,16H,7-8,11H2,1H3;1H. The molecule has 0 aliphatic carbocycles. The first-order valence-electron chi connectivity index (χ1n) is 7.18. The Morgan fingerprint density at radius 3 is 2.43 bits per heavy atom. The summed E-state index contributed by atoms with van der Waals surface area (Å²) in [5, 5.41) is 3.23. The fourth-order valence-electron chi connectivity index (χ4n) is 2.45. The van der Waals surface area contributed by atoms with Crippen molar-refractivity contribution in [3.63, 3.8) is 0 Å². The van der Waals surface area contributed by atoms with E-state index in [9.17, 15) is 8.42 Å². The van der Waals surface area contributed by atoms with Crippen molar-refractivity contribution in [1.82, 2.24) is 19.6 Å². The summed E-state index contributed by atoms with van der Waals surface area (Å²) in [7, 11) is -3.53. The molecule has 0 amide bonds. The van der Waals surface area contributed by atoms with Gasteiger partial charge in [-0.15, -0.1) is 12.4 Å². The van der Waals surface area contributed by atoms with Crippen LogP contribution in [0.3, 0.4) is 0 Å². The molecule has 8 heteroatoms. The number of sulfonamides is 1. The van der Waals surface area contributed by atoms with Crippen molar-refractivity contribution >= 4 is 22.4 Å². The molecule has 1 atom stereocenters. The minimum atomic E-state index is -3.53. The molecule has 1 aliphatic rings. The Morgan fingerprint density at radius 1 is 1.17 bits per heavy atom. The molecule has 1 unspecified atom stereocenters. The van der Waals surface area contributed by atoms with Crippen LogP contribution in [0.25, 0.3) is 11.4 Å². The summed E-state index contributed by atoms with van der Waals surface area (Å²) >= 11 is 0. The zero-order chi connectivity index (χ0) is 15.6. The predicted molar refractivity (Wildman–Crippen MR) is 90.9 cm³/mol. The lowest BCUT2D eigenvalue weighted by Gasteiger charge is -2.30. The molecule has 0 bridgehead atoms. The monoisotopic (exact) mass is 354 g/mol. The highest BCUT2D eigenvalue weighted by atomic mass is 35.5. The molecule has 1 aromatic carbocycles. The smallest absolute Gasteiger partial charge is 0.246 e. The zero-order valence-corrected chi connectivity index (χ0v) is 14.3. The average molecular weight is 355 g/mol. The van der Waals surface area contributed by atoms with Gasteiger partial charge in [0.25, 0.3) is 0 Å². The van der Waals surface area contributed by atoms with E-state index in [-0.39, 0.29) is 23.3 Å². The fraction of sp³-hybridized carbons (Fsp3) is 0.333. The van der Waals surface area contributed by atoms with Gasteiger partial charge >= 0.3 is 0 Å². The number of hydrogen-bond donors (Lipinski definition) is 1. The largest absolute Gasteiger partial charge is 0.312 e. The Labute approximate surface area is 142 Å². The van der Waals surface area contributed by atoms with Crippen molar-refractivity contribution in [3.05, 3.63) is 42.7 Å². The maximum atomic E-state index is 12.6.